The predicted molar refractivity (Wildman–Crippen MR) is 137 cm³/mol. The van der Waals surface area contributed by atoms with Gasteiger partial charge in [0.25, 0.3) is 0 Å². The van der Waals surface area contributed by atoms with Crippen LogP contribution in [0.15, 0.2) is 12.1 Å². The quantitative estimate of drug-likeness (QED) is 0.553. The van der Waals surface area contributed by atoms with E-state index in [0.717, 1.165) is 49.8 Å². The van der Waals surface area contributed by atoms with Gasteiger partial charge in [0.1, 0.15) is 11.2 Å². The molecule has 4 aliphatic rings. The molecule has 5 rings (SSSR count). The molecule has 1 saturated heterocycles. The van der Waals surface area contributed by atoms with Crippen molar-refractivity contribution < 1.29 is 24.5 Å². The minimum absolute atomic E-state index is 0.0372. The molecule has 2 saturated carbocycles. The largest absolute Gasteiger partial charge is 0.504 e. The average molecular weight is 494 g/mol. The molecule has 194 valence electrons. The fraction of sp³-hybridized carbons (Fsp3) is 0.667. The molecule has 1 heterocycles. The van der Waals surface area contributed by atoms with Crippen molar-refractivity contribution in [2.75, 3.05) is 13.7 Å². The Bertz CT molecular complexity index is 1070. The minimum Gasteiger partial charge on any atom is -0.504 e. The lowest BCUT2D eigenvalue weighted by molar-refractivity contribution is -0.134. The summed E-state index contributed by atoms with van der Waals surface area (Å²) in [6, 6.07) is 3.87. The standard InChI is InChI=1S/C30H39NO5/c1-36-27-16-22-7-9-28(34)30(11-2-3-21(22)15-26(27)33)12-10-19(14-29(30)35)4-5-20-13-23-6-8-24(32)17-25(23)31-18-20/h15-16,19-20,23,25,29,31,33,35H,3-10,12-14,17-18H2,1H3/t19-,20+,23-,25-,29-,30+/m1/s1. The SMILES string of the molecule is COc1cc2c(cc1O)CC#C[C@]1(CC[C@@H](CC[C@@H]3CN[C@@H]4CC(=O)CC[C@@H]4C3)C[C@H]1O)C(=O)CC2. The first kappa shape index (κ1) is 25.3. The summed E-state index contributed by atoms with van der Waals surface area (Å²) in [5.74, 6) is 9.00. The molecule has 6 nitrogen and oxygen atoms in total. The molecule has 6 atom stereocenters. The third-order valence-electron chi connectivity index (χ3n) is 9.38. The molecule has 1 aliphatic heterocycles. The maximum atomic E-state index is 13.4. The van der Waals surface area contributed by atoms with E-state index in [1.807, 2.05) is 0 Å². The first-order valence-electron chi connectivity index (χ1n) is 13.7. The second-order valence-corrected chi connectivity index (χ2v) is 11.6. The van der Waals surface area contributed by atoms with Crippen molar-refractivity contribution in [1.29, 1.82) is 0 Å². The van der Waals surface area contributed by atoms with Gasteiger partial charge in [0.2, 0.25) is 0 Å². The highest BCUT2D eigenvalue weighted by molar-refractivity contribution is 5.89. The summed E-state index contributed by atoms with van der Waals surface area (Å²) < 4.78 is 5.25. The molecule has 0 bridgehead atoms. The molecule has 0 radical (unpaired) electrons. The fourth-order valence-corrected chi connectivity index (χ4v) is 7.12. The van der Waals surface area contributed by atoms with Crippen LogP contribution in [0.2, 0.25) is 0 Å². The lowest BCUT2D eigenvalue weighted by atomic mass is 9.64. The van der Waals surface area contributed by atoms with Crippen LogP contribution in [-0.4, -0.2) is 47.6 Å². The third kappa shape index (κ3) is 5.06. The Hall–Kier alpha value is -2.36. The Morgan fingerprint density at radius 2 is 1.92 bits per heavy atom. The van der Waals surface area contributed by atoms with Crippen LogP contribution < -0.4 is 10.1 Å². The maximum absolute atomic E-state index is 13.4. The maximum Gasteiger partial charge on any atom is 0.160 e. The highest BCUT2D eigenvalue weighted by atomic mass is 16.5. The van der Waals surface area contributed by atoms with E-state index >= 15 is 0 Å². The number of phenolic OH excluding ortho intramolecular Hbond substituents is 1. The molecule has 0 unspecified atom stereocenters. The summed E-state index contributed by atoms with van der Waals surface area (Å²) in [6.45, 7) is 0.985. The normalized spacial score (nSPS) is 34.4. The zero-order valence-electron chi connectivity index (χ0n) is 21.4. The fourth-order valence-electron chi connectivity index (χ4n) is 7.12. The van der Waals surface area contributed by atoms with Crippen molar-refractivity contribution in [2.45, 2.75) is 89.2 Å². The molecule has 0 aromatic heterocycles. The third-order valence-corrected chi connectivity index (χ3v) is 9.38. The first-order valence-corrected chi connectivity index (χ1v) is 13.7. The van der Waals surface area contributed by atoms with Crippen LogP contribution in [0.3, 0.4) is 0 Å². The average Bonchev–Trinajstić information content (AvgIpc) is 2.93. The number of ether oxygens (including phenoxy) is 1. The first-order chi connectivity index (χ1) is 17.4. The van der Waals surface area contributed by atoms with Crippen LogP contribution in [0.1, 0.15) is 75.3 Å². The van der Waals surface area contributed by atoms with Crippen LogP contribution in [0.4, 0.5) is 0 Å². The van der Waals surface area contributed by atoms with Crippen molar-refractivity contribution in [3.8, 4) is 23.3 Å². The number of aliphatic hydroxyl groups is 1. The van der Waals surface area contributed by atoms with E-state index < -0.39 is 11.5 Å². The molecule has 1 spiro atoms. The van der Waals surface area contributed by atoms with Crippen LogP contribution in [0.5, 0.6) is 11.5 Å². The molecular formula is C30H39NO5. The summed E-state index contributed by atoms with van der Waals surface area (Å²) in [7, 11) is 1.52. The highest BCUT2D eigenvalue weighted by Crippen LogP contribution is 2.44. The van der Waals surface area contributed by atoms with E-state index in [-0.39, 0.29) is 11.5 Å². The Balaban J connectivity index is 1.19. The molecule has 0 amide bonds. The Kier molecular flexibility index (Phi) is 7.42. The molecule has 3 fully saturated rings. The Morgan fingerprint density at radius 1 is 1.08 bits per heavy atom. The number of fused-ring (bicyclic) bond motifs is 2. The van der Waals surface area contributed by atoms with Crippen molar-refractivity contribution >= 4 is 11.6 Å². The zero-order chi connectivity index (χ0) is 25.3. The van der Waals surface area contributed by atoms with Gasteiger partial charge in [-0.3, -0.25) is 9.59 Å². The number of hydrogen-bond acceptors (Lipinski definition) is 6. The number of piperidine rings is 1. The number of ketones is 2. The number of aromatic hydroxyl groups is 1. The molecule has 36 heavy (non-hydrogen) atoms. The van der Waals surface area contributed by atoms with Crippen LogP contribution in [-0.2, 0) is 22.4 Å². The van der Waals surface area contributed by atoms with E-state index in [0.29, 0.717) is 73.9 Å². The van der Waals surface area contributed by atoms with Gasteiger partial charge in [-0.25, -0.2) is 0 Å². The second kappa shape index (κ2) is 10.6. The summed E-state index contributed by atoms with van der Waals surface area (Å²) in [4.78, 5) is 25.2. The molecule has 6 heteroatoms. The van der Waals surface area contributed by atoms with Gasteiger partial charge in [-0.15, -0.1) is 0 Å². The van der Waals surface area contributed by atoms with Gasteiger partial charge in [0.05, 0.1) is 13.2 Å². The number of nitrogens with one attached hydrogen (secondary N) is 1. The van der Waals surface area contributed by atoms with E-state index in [1.54, 1.807) is 12.1 Å². The number of rotatable bonds is 4. The topological polar surface area (TPSA) is 95.9 Å². The monoisotopic (exact) mass is 493 g/mol. The Labute approximate surface area is 214 Å². The summed E-state index contributed by atoms with van der Waals surface area (Å²) in [6.07, 6.45) is 8.61. The van der Waals surface area contributed by atoms with Crippen LogP contribution >= 0.6 is 0 Å². The van der Waals surface area contributed by atoms with Gasteiger partial charge in [0.15, 0.2) is 17.3 Å². The number of aryl methyl sites for hydroxylation is 1. The molecular weight excluding hydrogens is 454 g/mol. The van der Waals surface area contributed by atoms with Crippen molar-refractivity contribution in [3.63, 3.8) is 0 Å². The smallest absolute Gasteiger partial charge is 0.160 e. The predicted octanol–water partition coefficient (Wildman–Crippen LogP) is 3.74. The lowest BCUT2D eigenvalue weighted by Gasteiger charge is -2.42. The Morgan fingerprint density at radius 3 is 2.72 bits per heavy atom. The highest BCUT2D eigenvalue weighted by Gasteiger charge is 2.47. The number of phenols is 1. The van der Waals surface area contributed by atoms with Gasteiger partial charge < -0.3 is 20.3 Å². The zero-order valence-corrected chi connectivity index (χ0v) is 21.4. The molecule has 1 aromatic carbocycles. The van der Waals surface area contributed by atoms with Gasteiger partial charge >= 0.3 is 0 Å². The molecule has 3 N–H and O–H groups in total. The van der Waals surface area contributed by atoms with E-state index in [4.69, 9.17) is 4.74 Å². The van der Waals surface area contributed by atoms with Gasteiger partial charge in [0, 0.05) is 31.7 Å². The minimum atomic E-state index is -0.973. The molecule has 1 aromatic rings. The van der Waals surface area contributed by atoms with Crippen LogP contribution in [0.25, 0.3) is 0 Å². The molecule has 3 aliphatic carbocycles. The number of aliphatic hydroxyl groups excluding tert-OH is 1. The number of carbonyl (C=O) groups is 2. The summed E-state index contributed by atoms with van der Waals surface area (Å²) in [5.41, 5.74) is 0.913. The number of benzene rings is 1. The summed E-state index contributed by atoms with van der Waals surface area (Å²) in [5, 5.41) is 25.1. The van der Waals surface area contributed by atoms with Crippen molar-refractivity contribution in [2.24, 2.45) is 23.2 Å². The van der Waals surface area contributed by atoms with E-state index in [1.165, 1.54) is 13.5 Å². The lowest BCUT2D eigenvalue weighted by Crippen LogP contribution is -2.49. The summed E-state index contributed by atoms with van der Waals surface area (Å²) >= 11 is 0. The number of Topliss-reactive ketones (excluding diaryl/α,β-unsaturated/α-hetero) is 2. The van der Waals surface area contributed by atoms with Crippen LogP contribution in [0, 0.1) is 35.0 Å². The second-order valence-electron chi connectivity index (χ2n) is 11.6. The van der Waals surface area contributed by atoms with Gasteiger partial charge in [-0.2, -0.15) is 0 Å². The van der Waals surface area contributed by atoms with Crippen molar-refractivity contribution in [3.05, 3.63) is 23.3 Å². The van der Waals surface area contributed by atoms with Gasteiger partial charge in [-0.05, 0) is 92.5 Å². The van der Waals surface area contributed by atoms with Gasteiger partial charge in [-0.1, -0.05) is 18.3 Å². The van der Waals surface area contributed by atoms with Crippen molar-refractivity contribution in [1.82, 2.24) is 5.32 Å². The number of carbonyl (C=O) groups excluding carboxylic acids is 2. The van der Waals surface area contributed by atoms with E-state index in [2.05, 4.69) is 17.2 Å². The number of methoxy groups -OCH3 is 1. The number of hydrogen-bond donors (Lipinski definition) is 3. The van der Waals surface area contributed by atoms with E-state index in [9.17, 15) is 19.8 Å².